The van der Waals surface area contributed by atoms with E-state index in [1.165, 1.54) is 17.4 Å². The molecule has 4 aromatic rings. The van der Waals surface area contributed by atoms with Gasteiger partial charge < -0.3 is 4.42 Å². The molecule has 0 aliphatic heterocycles. The molecule has 2 aromatic carbocycles. The number of carbonyl (C=O) groups excluding carboxylic acids is 1. The Kier molecular flexibility index (Phi) is 4.52. The van der Waals surface area contributed by atoms with Crippen molar-refractivity contribution in [2.75, 3.05) is 5.32 Å². The van der Waals surface area contributed by atoms with Gasteiger partial charge >= 0.3 is 0 Å². The highest BCUT2D eigenvalue weighted by Crippen LogP contribution is 2.25. The zero-order valence-corrected chi connectivity index (χ0v) is 16.4. The lowest BCUT2D eigenvalue weighted by Crippen LogP contribution is -2.11. The van der Waals surface area contributed by atoms with Crippen molar-refractivity contribution in [1.29, 1.82) is 0 Å². The first-order valence-electron chi connectivity index (χ1n) is 8.68. The zero-order valence-electron chi connectivity index (χ0n) is 15.6. The van der Waals surface area contributed by atoms with E-state index in [2.05, 4.69) is 15.5 Å². The molecule has 0 atom stereocenters. The first-order chi connectivity index (χ1) is 13.4. The summed E-state index contributed by atoms with van der Waals surface area (Å²) < 4.78 is 6.00. The lowest BCUT2D eigenvalue weighted by Gasteiger charge is -2.07. The van der Waals surface area contributed by atoms with Crippen molar-refractivity contribution < 1.29 is 9.21 Å². The highest BCUT2D eigenvalue weighted by molar-refractivity contribution is 7.15. The van der Waals surface area contributed by atoms with Crippen molar-refractivity contribution in [2.24, 2.45) is 0 Å². The monoisotopic (exact) mass is 391 g/mol. The van der Waals surface area contributed by atoms with E-state index in [4.69, 9.17) is 4.42 Å². The number of aromatic nitrogens is 2. The molecule has 0 unspecified atom stereocenters. The summed E-state index contributed by atoms with van der Waals surface area (Å²) in [6.45, 7) is 5.69. The van der Waals surface area contributed by atoms with Crippen molar-refractivity contribution in [1.82, 2.24) is 10.2 Å². The number of carbonyl (C=O) groups is 1. The van der Waals surface area contributed by atoms with E-state index >= 15 is 0 Å². The summed E-state index contributed by atoms with van der Waals surface area (Å²) in [5.74, 6) is 0.199. The minimum Gasteiger partial charge on any atom is -0.456 e. The van der Waals surface area contributed by atoms with Crippen molar-refractivity contribution in [3.63, 3.8) is 0 Å². The van der Waals surface area contributed by atoms with Gasteiger partial charge in [-0.2, -0.15) is 0 Å². The van der Waals surface area contributed by atoms with Crippen molar-refractivity contribution in [3.8, 4) is 11.3 Å². The van der Waals surface area contributed by atoms with Crippen LogP contribution in [0.2, 0.25) is 0 Å². The fourth-order valence-electron chi connectivity index (χ4n) is 3.05. The maximum atomic E-state index is 12.5. The molecule has 0 saturated heterocycles. The molecule has 2 aromatic heterocycles. The first-order valence-corrected chi connectivity index (χ1v) is 9.49. The Labute approximate surface area is 164 Å². The highest BCUT2D eigenvalue weighted by atomic mass is 32.1. The molecule has 28 heavy (non-hydrogen) atoms. The first kappa shape index (κ1) is 18.1. The third-order valence-electron chi connectivity index (χ3n) is 4.34. The average Bonchev–Trinajstić information content (AvgIpc) is 3.07. The third kappa shape index (κ3) is 3.44. The molecule has 0 saturated carbocycles. The van der Waals surface area contributed by atoms with Crippen LogP contribution in [0.4, 0.5) is 5.13 Å². The molecule has 2 heterocycles. The Morgan fingerprint density at radius 2 is 1.79 bits per heavy atom. The van der Waals surface area contributed by atoms with Gasteiger partial charge in [-0.1, -0.05) is 29.5 Å². The van der Waals surface area contributed by atoms with Gasteiger partial charge in [-0.15, -0.1) is 10.2 Å². The SMILES string of the molecule is Cc1cc(C)c2oc(-c3ccc(C(=O)Nc4nnc(C)s4)cc3)cc(=O)c2c1. The molecule has 0 radical (unpaired) electrons. The minimum atomic E-state index is -0.269. The van der Waals surface area contributed by atoms with E-state index in [1.54, 1.807) is 24.3 Å². The van der Waals surface area contributed by atoms with Gasteiger partial charge in [0.2, 0.25) is 5.13 Å². The quantitative estimate of drug-likeness (QED) is 0.556. The standard InChI is InChI=1S/C21H17N3O3S/c1-11-8-12(2)19-16(9-11)17(25)10-18(27-19)14-4-6-15(7-5-14)20(26)22-21-24-23-13(3)28-21/h4-10H,1-3H3,(H,22,24,26). The largest absolute Gasteiger partial charge is 0.456 e. The van der Waals surface area contributed by atoms with Crippen molar-refractivity contribution in [3.05, 3.63) is 74.4 Å². The molecule has 0 aliphatic rings. The Balaban J connectivity index is 1.65. The number of benzene rings is 2. The molecule has 0 aliphatic carbocycles. The lowest BCUT2D eigenvalue weighted by atomic mass is 10.1. The number of hydrogen-bond acceptors (Lipinski definition) is 6. The summed E-state index contributed by atoms with van der Waals surface area (Å²) >= 11 is 1.31. The Bertz CT molecular complexity index is 1260. The molecule has 7 heteroatoms. The fraction of sp³-hybridized carbons (Fsp3) is 0.143. The van der Waals surface area contributed by atoms with Crippen LogP contribution in [-0.4, -0.2) is 16.1 Å². The van der Waals surface area contributed by atoms with Crippen LogP contribution in [0.5, 0.6) is 0 Å². The Hall–Kier alpha value is -3.32. The van der Waals surface area contributed by atoms with Gasteiger partial charge in [0, 0.05) is 17.2 Å². The number of amides is 1. The molecule has 140 valence electrons. The summed E-state index contributed by atoms with van der Waals surface area (Å²) in [7, 11) is 0. The highest BCUT2D eigenvalue weighted by Gasteiger charge is 2.12. The Morgan fingerprint density at radius 1 is 1.04 bits per heavy atom. The van der Waals surface area contributed by atoms with Gasteiger partial charge in [-0.3, -0.25) is 14.9 Å². The summed E-state index contributed by atoms with van der Waals surface area (Å²) in [5.41, 5.74) is 3.63. The van der Waals surface area contributed by atoms with Gasteiger partial charge in [-0.25, -0.2) is 0 Å². The van der Waals surface area contributed by atoms with E-state index < -0.39 is 0 Å². The van der Waals surface area contributed by atoms with Crippen molar-refractivity contribution >= 4 is 33.3 Å². The topological polar surface area (TPSA) is 85.1 Å². The van der Waals surface area contributed by atoms with Crippen LogP contribution in [0.25, 0.3) is 22.3 Å². The number of anilines is 1. The van der Waals surface area contributed by atoms with E-state index in [0.717, 1.165) is 21.7 Å². The average molecular weight is 391 g/mol. The minimum absolute atomic E-state index is 0.0866. The summed E-state index contributed by atoms with van der Waals surface area (Å²) in [5, 5.41) is 12.3. The number of aryl methyl sites for hydroxylation is 3. The normalized spacial score (nSPS) is 11.0. The van der Waals surface area contributed by atoms with Gasteiger partial charge in [-0.05, 0) is 50.1 Å². The van der Waals surface area contributed by atoms with Crippen LogP contribution in [0.1, 0.15) is 26.5 Å². The molecule has 4 rings (SSSR count). The van der Waals surface area contributed by atoms with E-state index in [1.807, 2.05) is 32.9 Å². The zero-order chi connectivity index (χ0) is 19.8. The number of hydrogen-bond donors (Lipinski definition) is 1. The maximum Gasteiger partial charge on any atom is 0.257 e. The summed E-state index contributed by atoms with van der Waals surface area (Å²) in [6.07, 6.45) is 0. The molecule has 0 fully saturated rings. The second-order valence-corrected chi connectivity index (χ2v) is 7.77. The van der Waals surface area contributed by atoms with Gasteiger partial charge in [0.15, 0.2) is 5.43 Å². The third-order valence-corrected chi connectivity index (χ3v) is 5.09. The van der Waals surface area contributed by atoms with Crippen molar-refractivity contribution in [2.45, 2.75) is 20.8 Å². The van der Waals surface area contributed by atoms with Crippen LogP contribution < -0.4 is 10.7 Å². The lowest BCUT2D eigenvalue weighted by molar-refractivity contribution is 0.102. The van der Waals surface area contributed by atoms with Crippen LogP contribution in [-0.2, 0) is 0 Å². The molecule has 0 bridgehead atoms. The van der Waals surface area contributed by atoms with Gasteiger partial charge in [0.05, 0.1) is 5.39 Å². The smallest absolute Gasteiger partial charge is 0.257 e. The van der Waals surface area contributed by atoms with Crippen LogP contribution in [0.15, 0.2) is 51.7 Å². The van der Waals surface area contributed by atoms with Crippen LogP contribution in [0, 0.1) is 20.8 Å². The molecule has 0 spiro atoms. The van der Waals surface area contributed by atoms with E-state index in [-0.39, 0.29) is 11.3 Å². The van der Waals surface area contributed by atoms with Crippen LogP contribution in [0.3, 0.4) is 0 Å². The number of fused-ring (bicyclic) bond motifs is 1. The predicted molar refractivity (Wildman–Crippen MR) is 110 cm³/mol. The van der Waals surface area contributed by atoms with E-state index in [9.17, 15) is 9.59 Å². The maximum absolute atomic E-state index is 12.5. The molecule has 1 amide bonds. The van der Waals surface area contributed by atoms with Crippen LogP contribution >= 0.6 is 11.3 Å². The molecule has 6 nitrogen and oxygen atoms in total. The summed E-state index contributed by atoms with van der Waals surface area (Å²) in [6, 6.07) is 12.2. The number of rotatable bonds is 3. The van der Waals surface area contributed by atoms with Gasteiger partial charge in [0.25, 0.3) is 5.91 Å². The predicted octanol–water partition coefficient (Wildman–Crippen LogP) is 4.49. The number of nitrogens with zero attached hydrogens (tertiary/aromatic N) is 2. The molecular weight excluding hydrogens is 374 g/mol. The summed E-state index contributed by atoms with van der Waals surface area (Å²) in [4.78, 5) is 24.9. The fourth-order valence-corrected chi connectivity index (χ4v) is 3.64. The number of nitrogens with one attached hydrogen (secondary N) is 1. The molecule has 1 N–H and O–H groups in total. The van der Waals surface area contributed by atoms with E-state index in [0.29, 0.717) is 27.4 Å². The molecular formula is C21H17N3O3S. The van der Waals surface area contributed by atoms with Gasteiger partial charge in [0.1, 0.15) is 16.4 Å². The second kappa shape index (κ2) is 7.01. The second-order valence-electron chi connectivity index (χ2n) is 6.59. The Morgan fingerprint density at radius 3 is 2.46 bits per heavy atom.